The normalized spacial score (nSPS) is 20.3. The molecule has 3 unspecified atom stereocenters. The lowest BCUT2D eigenvalue weighted by atomic mass is 9.85. The Morgan fingerprint density at radius 3 is 2.66 bits per heavy atom. The third-order valence-electron chi connectivity index (χ3n) is 7.52. The van der Waals surface area contributed by atoms with Gasteiger partial charge in [0.05, 0.1) is 37.7 Å². The minimum Gasteiger partial charge on any atom is -0.493 e. The molecule has 2 aliphatic heterocycles. The summed E-state index contributed by atoms with van der Waals surface area (Å²) in [5.74, 6) is 3.01. The molecule has 0 saturated carbocycles. The van der Waals surface area contributed by atoms with Crippen LogP contribution in [0.1, 0.15) is 36.8 Å². The number of benzene rings is 3. The van der Waals surface area contributed by atoms with E-state index in [0.717, 1.165) is 72.4 Å². The van der Waals surface area contributed by atoms with E-state index in [4.69, 9.17) is 23.7 Å². The second kappa shape index (κ2) is 14.5. The van der Waals surface area contributed by atoms with Gasteiger partial charge in [-0.2, -0.15) is 0 Å². The van der Waals surface area contributed by atoms with Crippen LogP contribution in [0.3, 0.4) is 0 Å². The predicted molar refractivity (Wildman–Crippen MR) is 160 cm³/mol. The van der Waals surface area contributed by atoms with Gasteiger partial charge in [-0.15, -0.1) is 0 Å². The van der Waals surface area contributed by atoms with Crippen molar-refractivity contribution in [1.29, 1.82) is 0 Å². The third kappa shape index (κ3) is 7.71. The van der Waals surface area contributed by atoms with Gasteiger partial charge in [0.1, 0.15) is 29.6 Å². The standard InChI is InChI=1S/C33H42N2O6/c1-3-16-38-27-6-4-7-28(20-27)41-26-11-9-25(10-12-26)33-30(36)21-34-22-32(33)40-23-24-8-13-31-29(19-24)35(15-18-39-31)14-5-17-37-2/h4,6-13,19-20,30,32-34,36H,3,5,14-18,21-23H2,1-2H3. The van der Waals surface area contributed by atoms with Crippen molar-refractivity contribution in [3.05, 3.63) is 77.9 Å². The average molecular weight is 563 g/mol. The molecule has 2 aliphatic rings. The second-order valence-electron chi connectivity index (χ2n) is 10.6. The van der Waals surface area contributed by atoms with E-state index in [1.165, 1.54) is 0 Å². The molecule has 3 aromatic carbocycles. The maximum absolute atomic E-state index is 11.0. The van der Waals surface area contributed by atoms with E-state index in [0.29, 0.717) is 32.9 Å². The van der Waals surface area contributed by atoms with Gasteiger partial charge in [-0.3, -0.25) is 0 Å². The first-order chi connectivity index (χ1) is 20.1. The lowest BCUT2D eigenvalue weighted by Gasteiger charge is -2.36. The minimum absolute atomic E-state index is 0.150. The number of aliphatic hydroxyl groups is 1. The quantitative estimate of drug-likeness (QED) is 0.278. The molecule has 1 saturated heterocycles. The lowest BCUT2D eigenvalue weighted by Crippen LogP contribution is -2.49. The summed E-state index contributed by atoms with van der Waals surface area (Å²) in [6.07, 6.45) is 1.19. The number of nitrogens with one attached hydrogen (secondary N) is 1. The van der Waals surface area contributed by atoms with Crippen LogP contribution in [0.15, 0.2) is 66.7 Å². The third-order valence-corrected chi connectivity index (χ3v) is 7.52. The molecule has 3 aromatic rings. The molecule has 0 radical (unpaired) electrons. The van der Waals surface area contributed by atoms with Crippen LogP contribution in [0.5, 0.6) is 23.0 Å². The molecular weight excluding hydrogens is 520 g/mol. The molecule has 0 aliphatic carbocycles. The highest BCUT2D eigenvalue weighted by atomic mass is 16.5. The average Bonchev–Trinajstić information content (AvgIpc) is 3.00. The molecule has 8 heteroatoms. The van der Waals surface area contributed by atoms with Crippen molar-refractivity contribution in [3.8, 4) is 23.0 Å². The number of piperidine rings is 1. The zero-order valence-corrected chi connectivity index (χ0v) is 24.1. The highest BCUT2D eigenvalue weighted by molar-refractivity contribution is 5.61. The highest BCUT2D eigenvalue weighted by Gasteiger charge is 2.34. The molecule has 41 heavy (non-hydrogen) atoms. The monoisotopic (exact) mass is 562 g/mol. The molecule has 0 amide bonds. The Labute approximate surface area is 243 Å². The van der Waals surface area contributed by atoms with Gasteiger partial charge < -0.3 is 39.0 Å². The number of fused-ring (bicyclic) bond motifs is 1. The number of ether oxygens (including phenoxy) is 5. The number of methoxy groups -OCH3 is 1. The summed E-state index contributed by atoms with van der Waals surface area (Å²) >= 11 is 0. The van der Waals surface area contributed by atoms with E-state index in [2.05, 4.69) is 29.3 Å². The summed E-state index contributed by atoms with van der Waals surface area (Å²) in [6, 6.07) is 21.9. The molecule has 8 nitrogen and oxygen atoms in total. The van der Waals surface area contributed by atoms with Crippen molar-refractivity contribution >= 4 is 5.69 Å². The van der Waals surface area contributed by atoms with Gasteiger partial charge in [-0.25, -0.2) is 0 Å². The zero-order chi connectivity index (χ0) is 28.4. The Bertz CT molecular complexity index is 1240. The Morgan fingerprint density at radius 1 is 0.976 bits per heavy atom. The fraction of sp³-hybridized carbons (Fsp3) is 0.455. The van der Waals surface area contributed by atoms with Crippen LogP contribution < -0.4 is 24.4 Å². The summed E-state index contributed by atoms with van der Waals surface area (Å²) in [6.45, 7) is 7.61. The summed E-state index contributed by atoms with van der Waals surface area (Å²) in [4.78, 5) is 2.36. The Hall–Kier alpha value is -3.30. The van der Waals surface area contributed by atoms with E-state index in [1.54, 1.807) is 7.11 Å². The first kappa shape index (κ1) is 29.2. The number of aliphatic hydroxyl groups excluding tert-OH is 1. The summed E-state index contributed by atoms with van der Waals surface area (Å²) in [5, 5.41) is 14.3. The summed E-state index contributed by atoms with van der Waals surface area (Å²) in [5.41, 5.74) is 3.21. The van der Waals surface area contributed by atoms with Gasteiger partial charge in [0.2, 0.25) is 0 Å². The van der Waals surface area contributed by atoms with Crippen LogP contribution in [0.4, 0.5) is 5.69 Å². The van der Waals surface area contributed by atoms with Crippen molar-refractivity contribution in [2.24, 2.45) is 0 Å². The molecule has 3 atom stereocenters. The number of β-amino-alcohol motifs (C(OH)–C–C–N with tert-alkyl or cyclic N) is 1. The van der Waals surface area contributed by atoms with E-state index >= 15 is 0 Å². The smallest absolute Gasteiger partial charge is 0.142 e. The molecule has 0 spiro atoms. The van der Waals surface area contributed by atoms with E-state index in [-0.39, 0.29) is 12.0 Å². The van der Waals surface area contributed by atoms with E-state index in [9.17, 15) is 5.11 Å². The van der Waals surface area contributed by atoms with Crippen LogP contribution in [0.25, 0.3) is 0 Å². The molecule has 0 bridgehead atoms. The van der Waals surface area contributed by atoms with Gasteiger partial charge in [-0.1, -0.05) is 31.2 Å². The number of nitrogens with zero attached hydrogens (tertiary/aromatic N) is 1. The summed E-state index contributed by atoms with van der Waals surface area (Å²) in [7, 11) is 1.74. The number of rotatable bonds is 13. The molecule has 2 N–H and O–H groups in total. The van der Waals surface area contributed by atoms with E-state index < -0.39 is 6.10 Å². The topological polar surface area (TPSA) is 81.7 Å². The first-order valence-electron chi connectivity index (χ1n) is 14.6. The van der Waals surface area contributed by atoms with Crippen LogP contribution in [0.2, 0.25) is 0 Å². The second-order valence-corrected chi connectivity index (χ2v) is 10.6. The fourth-order valence-corrected chi connectivity index (χ4v) is 5.46. The van der Waals surface area contributed by atoms with Gasteiger partial charge in [0, 0.05) is 45.3 Å². The van der Waals surface area contributed by atoms with Crippen molar-refractivity contribution in [2.45, 2.75) is 44.5 Å². The Kier molecular flexibility index (Phi) is 10.4. The van der Waals surface area contributed by atoms with Gasteiger partial charge >= 0.3 is 0 Å². The Morgan fingerprint density at radius 2 is 1.83 bits per heavy atom. The largest absolute Gasteiger partial charge is 0.493 e. The highest BCUT2D eigenvalue weighted by Crippen LogP contribution is 2.35. The lowest BCUT2D eigenvalue weighted by molar-refractivity contribution is -0.0328. The molecule has 220 valence electrons. The molecule has 2 heterocycles. The van der Waals surface area contributed by atoms with Crippen molar-refractivity contribution < 1.29 is 28.8 Å². The maximum atomic E-state index is 11.0. The van der Waals surface area contributed by atoms with Crippen molar-refractivity contribution in [1.82, 2.24) is 5.32 Å². The number of anilines is 1. The SMILES string of the molecule is CCCOc1cccc(Oc2ccc(C3C(O)CNCC3OCc3ccc4c(c3)N(CCCOC)CCO4)cc2)c1. The zero-order valence-electron chi connectivity index (χ0n) is 24.1. The van der Waals surface area contributed by atoms with Gasteiger partial charge in [0.15, 0.2) is 0 Å². The Balaban J connectivity index is 1.23. The van der Waals surface area contributed by atoms with Crippen LogP contribution in [0, 0.1) is 0 Å². The van der Waals surface area contributed by atoms with Crippen LogP contribution >= 0.6 is 0 Å². The fourth-order valence-electron chi connectivity index (χ4n) is 5.46. The van der Waals surface area contributed by atoms with Gasteiger partial charge in [-0.05, 0) is 60.4 Å². The molecule has 0 aromatic heterocycles. The first-order valence-corrected chi connectivity index (χ1v) is 14.6. The summed E-state index contributed by atoms with van der Waals surface area (Å²) < 4.78 is 29.4. The van der Waals surface area contributed by atoms with E-state index in [1.807, 2.05) is 54.6 Å². The molecule has 5 rings (SSSR count). The predicted octanol–water partition coefficient (Wildman–Crippen LogP) is 5.14. The van der Waals surface area contributed by atoms with Crippen LogP contribution in [-0.2, 0) is 16.1 Å². The molecular formula is C33H42N2O6. The molecule has 1 fully saturated rings. The number of hydrogen-bond donors (Lipinski definition) is 2. The number of hydrogen-bond acceptors (Lipinski definition) is 8. The van der Waals surface area contributed by atoms with Crippen molar-refractivity contribution in [2.75, 3.05) is 58.0 Å². The van der Waals surface area contributed by atoms with Crippen LogP contribution in [-0.4, -0.2) is 70.4 Å². The maximum Gasteiger partial charge on any atom is 0.142 e. The van der Waals surface area contributed by atoms with Gasteiger partial charge in [0.25, 0.3) is 0 Å². The minimum atomic E-state index is -0.555. The van der Waals surface area contributed by atoms with Crippen molar-refractivity contribution in [3.63, 3.8) is 0 Å².